The first kappa shape index (κ1) is 29.6. The van der Waals surface area contributed by atoms with Crippen molar-refractivity contribution in [3.8, 4) is 11.5 Å². The second-order valence-corrected chi connectivity index (χ2v) is 9.33. The molecule has 216 valence electrons. The number of halogens is 6. The Labute approximate surface area is 230 Å². The fourth-order valence-corrected chi connectivity index (χ4v) is 3.69. The van der Waals surface area contributed by atoms with Crippen molar-refractivity contribution >= 4 is 29.4 Å². The van der Waals surface area contributed by atoms with Crippen LogP contribution in [-0.2, 0) is 22.3 Å². The number of carbonyl (C=O) groups is 2. The molecule has 41 heavy (non-hydrogen) atoms. The Morgan fingerprint density at radius 3 is 2.41 bits per heavy atom. The fourth-order valence-electron chi connectivity index (χ4n) is 3.69. The number of nitrogens with one attached hydrogen (secondary N) is 2. The van der Waals surface area contributed by atoms with Crippen molar-refractivity contribution in [2.45, 2.75) is 31.9 Å². The van der Waals surface area contributed by atoms with Gasteiger partial charge in [0.2, 0.25) is 11.8 Å². The summed E-state index contributed by atoms with van der Waals surface area (Å²) in [4.78, 5) is 28.3. The minimum absolute atomic E-state index is 0.0124. The number of pyridine rings is 1. The molecule has 1 heterocycles. The van der Waals surface area contributed by atoms with Crippen molar-refractivity contribution in [2.75, 3.05) is 17.7 Å². The molecule has 2 N–H and O–H groups in total. The Bertz CT molecular complexity index is 1450. The standard InChI is InChI=1S/C28H24F6N4O3/c1-38(28(32,33)34)16-19-8-9-20(14-23(19)27(29,30)31)36-25(39)10-5-17-3-2-4-21(13-17)41-22-11-12-35-24(15-22)37-26(40)18-6-7-18/h2-5,8-15,18H,6-7,16H2,1H3,(H,36,39)(H,35,37,40)/b10-5+. The molecule has 0 unspecified atom stereocenters. The smallest absolute Gasteiger partial charge is 0.457 e. The molecule has 2 aromatic carbocycles. The lowest BCUT2D eigenvalue weighted by Crippen LogP contribution is -2.34. The number of hydrogen-bond donors (Lipinski definition) is 2. The minimum atomic E-state index is -4.93. The van der Waals surface area contributed by atoms with Crippen LogP contribution in [0.1, 0.15) is 29.5 Å². The van der Waals surface area contributed by atoms with Gasteiger partial charge >= 0.3 is 12.5 Å². The Morgan fingerprint density at radius 1 is 1.00 bits per heavy atom. The molecule has 1 saturated carbocycles. The predicted octanol–water partition coefficient (Wildman–Crippen LogP) is 6.84. The van der Waals surface area contributed by atoms with Gasteiger partial charge in [0.1, 0.15) is 17.3 Å². The van der Waals surface area contributed by atoms with Gasteiger partial charge in [0, 0.05) is 36.5 Å². The lowest BCUT2D eigenvalue weighted by atomic mass is 10.1. The Balaban J connectivity index is 1.40. The molecule has 2 amide bonds. The highest BCUT2D eigenvalue weighted by Crippen LogP contribution is 2.35. The van der Waals surface area contributed by atoms with E-state index in [1.165, 1.54) is 12.3 Å². The largest absolute Gasteiger partial charge is 0.459 e. The lowest BCUT2D eigenvalue weighted by molar-refractivity contribution is -0.240. The van der Waals surface area contributed by atoms with Gasteiger partial charge < -0.3 is 15.4 Å². The molecule has 0 saturated heterocycles. The zero-order valence-electron chi connectivity index (χ0n) is 21.5. The summed E-state index contributed by atoms with van der Waals surface area (Å²) < 4.78 is 84.8. The summed E-state index contributed by atoms with van der Waals surface area (Å²) in [6.45, 7) is -1.01. The monoisotopic (exact) mass is 578 g/mol. The number of amides is 2. The van der Waals surface area contributed by atoms with Crippen LogP contribution in [0.4, 0.5) is 37.8 Å². The third-order valence-electron chi connectivity index (χ3n) is 5.97. The van der Waals surface area contributed by atoms with Crippen LogP contribution in [0.5, 0.6) is 11.5 Å². The van der Waals surface area contributed by atoms with Gasteiger partial charge in [0.05, 0.1) is 5.56 Å². The van der Waals surface area contributed by atoms with Crippen LogP contribution in [0.15, 0.2) is 66.9 Å². The Kier molecular flexibility index (Phi) is 8.66. The van der Waals surface area contributed by atoms with Gasteiger partial charge in [0.25, 0.3) is 0 Å². The first-order valence-electron chi connectivity index (χ1n) is 12.3. The van der Waals surface area contributed by atoms with E-state index in [0.717, 1.165) is 31.1 Å². The van der Waals surface area contributed by atoms with Crippen molar-refractivity contribution in [2.24, 2.45) is 5.92 Å². The van der Waals surface area contributed by atoms with Crippen LogP contribution in [0.25, 0.3) is 6.08 Å². The summed E-state index contributed by atoms with van der Waals surface area (Å²) in [5.74, 6) is 0.330. The molecule has 4 rings (SSSR count). The van der Waals surface area contributed by atoms with E-state index in [1.807, 2.05) is 0 Å². The van der Waals surface area contributed by atoms with E-state index >= 15 is 0 Å². The maximum atomic E-state index is 13.5. The number of aromatic nitrogens is 1. The van der Waals surface area contributed by atoms with Crippen LogP contribution in [0, 0.1) is 5.92 Å². The zero-order chi connectivity index (χ0) is 29.8. The van der Waals surface area contributed by atoms with E-state index in [9.17, 15) is 35.9 Å². The highest BCUT2D eigenvalue weighted by Gasteiger charge is 2.38. The van der Waals surface area contributed by atoms with E-state index in [0.29, 0.717) is 36.0 Å². The summed E-state index contributed by atoms with van der Waals surface area (Å²) in [7, 11) is 0.643. The van der Waals surface area contributed by atoms with Crippen molar-refractivity contribution in [3.63, 3.8) is 0 Å². The molecule has 0 atom stereocenters. The number of hydrogen-bond acceptors (Lipinski definition) is 5. The maximum absolute atomic E-state index is 13.5. The van der Waals surface area contributed by atoms with Crippen LogP contribution in [-0.4, -0.2) is 35.0 Å². The summed E-state index contributed by atoms with van der Waals surface area (Å²) in [6, 6.07) is 12.4. The van der Waals surface area contributed by atoms with E-state index in [1.54, 1.807) is 36.4 Å². The minimum Gasteiger partial charge on any atom is -0.457 e. The van der Waals surface area contributed by atoms with Gasteiger partial charge in [-0.1, -0.05) is 18.2 Å². The van der Waals surface area contributed by atoms with E-state index < -0.39 is 36.1 Å². The Morgan fingerprint density at radius 2 is 1.73 bits per heavy atom. The molecule has 3 aromatic rings. The first-order chi connectivity index (χ1) is 19.3. The van der Waals surface area contributed by atoms with Crippen LogP contribution in [0.3, 0.4) is 0 Å². The van der Waals surface area contributed by atoms with Crippen LogP contribution in [0.2, 0.25) is 0 Å². The molecule has 13 heteroatoms. The number of rotatable bonds is 9. The zero-order valence-corrected chi connectivity index (χ0v) is 21.5. The summed E-state index contributed by atoms with van der Waals surface area (Å²) in [6.07, 6.45) is -4.05. The van der Waals surface area contributed by atoms with Gasteiger partial charge in [-0.15, -0.1) is 0 Å². The predicted molar refractivity (Wildman–Crippen MR) is 139 cm³/mol. The molecule has 1 fully saturated rings. The fraction of sp³-hybridized carbons (Fsp3) is 0.250. The van der Waals surface area contributed by atoms with Crippen molar-refractivity contribution in [3.05, 3.63) is 83.6 Å². The van der Waals surface area contributed by atoms with E-state index in [4.69, 9.17) is 4.74 Å². The molecule has 1 aliphatic rings. The van der Waals surface area contributed by atoms with Gasteiger partial charge in [-0.05, 0) is 67.4 Å². The molecular weight excluding hydrogens is 554 g/mol. The highest BCUT2D eigenvalue weighted by atomic mass is 19.4. The average Bonchev–Trinajstić information content (AvgIpc) is 3.74. The maximum Gasteiger partial charge on any atom is 0.459 e. The first-order valence-corrected chi connectivity index (χ1v) is 12.3. The molecule has 7 nitrogen and oxygen atoms in total. The average molecular weight is 579 g/mol. The topological polar surface area (TPSA) is 83.6 Å². The number of nitrogens with zero attached hydrogens (tertiary/aromatic N) is 2. The SMILES string of the molecule is CN(Cc1ccc(NC(=O)/C=C/c2cccc(Oc3ccnc(NC(=O)C4CC4)c3)c2)cc1C(F)(F)F)C(F)(F)F. The third-order valence-corrected chi connectivity index (χ3v) is 5.97. The second-order valence-electron chi connectivity index (χ2n) is 9.33. The van der Waals surface area contributed by atoms with Gasteiger partial charge in [-0.2, -0.15) is 26.3 Å². The quantitative estimate of drug-likeness (QED) is 0.165. The number of ether oxygens (including phenoxy) is 1. The second kappa shape index (κ2) is 12.0. The third kappa shape index (κ3) is 8.55. The van der Waals surface area contributed by atoms with E-state index in [2.05, 4.69) is 15.6 Å². The Hall–Kier alpha value is -4.39. The van der Waals surface area contributed by atoms with Gasteiger partial charge in [-0.25, -0.2) is 9.88 Å². The summed E-state index contributed by atoms with van der Waals surface area (Å²) in [5.41, 5.74) is -1.57. The number of carbonyl (C=O) groups excluding carboxylic acids is 2. The molecule has 0 radical (unpaired) electrons. The number of alkyl halides is 6. The number of anilines is 2. The van der Waals surface area contributed by atoms with Crippen molar-refractivity contribution < 1.29 is 40.7 Å². The lowest BCUT2D eigenvalue weighted by Gasteiger charge is -2.22. The van der Waals surface area contributed by atoms with Gasteiger partial charge in [-0.3, -0.25) is 9.59 Å². The number of benzene rings is 2. The van der Waals surface area contributed by atoms with E-state index in [-0.39, 0.29) is 22.4 Å². The van der Waals surface area contributed by atoms with Crippen molar-refractivity contribution in [1.82, 2.24) is 9.88 Å². The molecule has 0 spiro atoms. The van der Waals surface area contributed by atoms with Gasteiger partial charge in [0.15, 0.2) is 0 Å². The van der Waals surface area contributed by atoms with Crippen LogP contribution < -0.4 is 15.4 Å². The molecule has 1 aliphatic carbocycles. The summed E-state index contributed by atoms with van der Waals surface area (Å²) in [5, 5.41) is 5.02. The molecule has 0 aliphatic heterocycles. The molecular formula is C28H24F6N4O3. The normalized spacial score (nSPS) is 13.9. The molecule has 0 bridgehead atoms. The molecule has 1 aromatic heterocycles. The van der Waals surface area contributed by atoms with Crippen molar-refractivity contribution in [1.29, 1.82) is 0 Å². The van der Waals surface area contributed by atoms with Crippen LogP contribution >= 0.6 is 0 Å². The summed E-state index contributed by atoms with van der Waals surface area (Å²) >= 11 is 0. The highest BCUT2D eigenvalue weighted by molar-refractivity contribution is 6.02.